The SMILES string of the molecule is Cc1ccn2c(=O)c(C(=O)NCc3ccnc(Oc4ccccc4)c3)cnc2c1. The van der Waals surface area contributed by atoms with Crippen LogP contribution in [-0.2, 0) is 6.54 Å². The molecule has 7 nitrogen and oxygen atoms in total. The number of hydrogen-bond acceptors (Lipinski definition) is 5. The lowest BCUT2D eigenvalue weighted by molar-refractivity contribution is 0.0949. The van der Waals surface area contributed by atoms with Gasteiger partial charge in [-0.3, -0.25) is 14.0 Å². The summed E-state index contributed by atoms with van der Waals surface area (Å²) in [5, 5.41) is 2.75. The second kappa shape index (κ2) is 7.93. The third kappa shape index (κ3) is 4.14. The van der Waals surface area contributed by atoms with Crippen LogP contribution in [-0.4, -0.2) is 20.3 Å². The number of para-hydroxylation sites is 1. The molecular formula is C22H18N4O3. The van der Waals surface area contributed by atoms with Gasteiger partial charge in [-0.05, 0) is 48.4 Å². The minimum absolute atomic E-state index is 0.0128. The van der Waals surface area contributed by atoms with Gasteiger partial charge < -0.3 is 10.1 Å². The molecule has 0 saturated heterocycles. The number of aromatic nitrogens is 3. The third-order valence-electron chi connectivity index (χ3n) is 4.33. The predicted molar refractivity (Wildman–Crippen MR) is 108 cm³/mol. The molecule has 1 amide bonds. The van der Waals surface area contributed by atoms with Gasteiger partial charge in [0.05, 0.1) is 0 Å². The maximum atomic E-state index is 12.6. The highest BCUT2D eigenvalue weighted by Gasteiger charge is 2.13. The molecule has 0 radical (unpaired) electrons. The van der Waals surface area contributed by atoms with Crippen molar-refractivity contribution in [2.24, 2.45) is 0 Å². The molecule has 1 aromatic carbocycles. The maximum absolute atomic E-state index is 12.6. The van der Waals surface area contributed by atoms with Crippen molar-refractivity contribution >= 4 is 11.6 Å². The summed E-state index contributed by atoms with van der Waals surface area (Å²) in [6, 6.07) is 16.4. The van der Waals surface area contributed by atoms with Crippen molar-refractivity contribution in [1.82, 2.24) is 19.7 Å². The van der Waals surface area contributed by atoms with Crippen molar-refractivity contribution in [3.8, 4) is 11.6 Å². The Morgan fingerprint density at radius 2 is 1.93 bits per heavy atom. The number of nitrogens with one attached hydrogen (secondary N) is 1. The summed E-state index contributed by atoms with van der Waals surface area (Å²) < 4.78 is 7.06. The van der Waals surface area contributed by atoms with Gasteiger partial charge in [-0.2, -0.15) is 0 Å². The molecular weight excluding hydrogens is 368 g/mol. The molecule has 29 heavy (non-hydrogen) atoms. The van der Waals surface area contributed by atoms with Gasteiger partial charge in [0.25, 0.3) is 11.5 Å². The zero-order valence-electron chi connectivity index (χ0n) is 15.7. The summed E-state index contributed by atoms with van der Waals surface area (Å²) in [6.07, 6.45) is 4.53. The van der Waals surface area contributed by atoms with Crippen LogP contribution in [0.15, 0.2) is 78.0 Å². The number of pyridine rings is 2. The van der Waals surface area contributed by atoms with E-state index in [1.807, 2.05) is 37.3 Å². The van der Waals surface area contributed by atoms with Crippen LogP contribution in [0.25, 0.3) is 5.65 Å². The molecule has 4 aromatic rings. The van der Waals surface area contributed by atoms with E-state index in [0.29, 0.717) is 17.3 Å². The van der Waals surface area contributed by atoms with Crippen LogP contribution in [0.1, 0.15) is 21.5 Å². The molecule has 0 atom stereocenters. The first-order chi connectivity index (χ1) is 14.1. The molecule has 144 valence electrons. The molecule has 0 fully saturated rings. The number of ether oxygens (including phenoxy) is 1. The molecule has 0 saturated carbocycles. The summed E-state index contributed by atoms with van der Waals surface area (Å²) >= 11 is 0. The summed E-state index contributed by atoms with van der Waals surface area (Å²) in [4.78, 5) is 33.5. The fourth-order valence-corrected chi connectivity index (χ4v) is 2.84. The van der Waals surface area contributed by atoms with Crippen LogP contribution in [0.2, 0.25) is 0 Å². The van der Waals surface area contributed by atoms with E-state index in [2.05, 4.69) is 15.3 Å². The highest BCUT2D eigenvalue weighted by atomic mass is 16.5. The topological polar surface area (TPSA) is 85.6 Å². The van der Waals surface area contributed by atoms with Crippen LogP contribution in [0.5, 0.6) is 11.6 Å². The van der Waals surface area contributed by atoms with Crippen molar-refractivity contribution in [3.63, 3.8) is 0 Å². The minimum Gasteiger partial charge on any atom is -0.439 e. The quantitative estimate of drug-likeness (QED) is 0.570. The Morgan fingerprint density at radius 1 is 1.10 bits per heavy atom. The summed E-state index contributed by atoms with van der Waals surface area (Å²) in [5.74, 6) is 0.609. The number of aryl methyl sites for hydroxylation is 1. The van der Waals surface area contributed by atoms with E-state index in [-0.39, 0.29) is 12.1 Å². The lowest BCUT2D eigenvalue weighted by Gasteiger charge is -2.08. The molecule has 0 aliphatic heterocycles. The number of carbonyl (C=O) groups is 1. The first-order valence-corrected chi connectivity index (χ1v) is 9.04. The van der Waals surface area contributed by atoms with Crippen molar-refractivity contribution in [1.29, 1.82) is 0 Å². The molecule has 0 unspecified atom stereocenters. The van der Waals surface area contributed by atoms with Crippen LogP contribution < -0.4 is 15.6 Å². The number of amides is 1. The summed E-state index contributed by atoms with van der Waals surface area (Å²) in [6.45, 7) is 2.14. The molecule has 3 aromatic heterocycles. The number of fused-ring (bicyclic) bond motifs is 1. The smallest absolute Gasteiger partial charge is 0.270 e. The Labute approximate surface area is 166 Å². The second-order valence-corrected chi connectivity index (χ2v) is 6.51. The lowest BCUT2D eigenvalue weighted by Crippen LogP contribution is -2.31. The molecule has 4 rings (SSSR count). The normalized spacial score (nSPS) is 10.7. The van der Waals surface area contributed by atoms with Crippen molar-refractivity contribution in [3.05, 3.63) is 100 Å². The molecule has 3 heterocycles. The van der Waals surface area contributed by atoms with Gasteiger partial charge >= 0.3 is 0 Å². The monoisotopic (exact) mass is 386 g/mol. The average molecular weight is 386 g/mol. The van der Waals surface area contributed by atoms with E-state index < -0.39 is 11.5 Å². The Hall–Kier alpha value is -4.00. The van der Waals surface area contributed by atoms with Gasteiger partial charge in [0.2, 0.25) is 5.88 Å². The van der Waals surface area contributed by atoms with Gasteiger partial charge in [-0.1, -0.05) is 18.2 Å². The Morgan fingerprint density at radius 3 is 2.76 bits per heavy atom. The van der Waals surface area contributed by atoms with E-state index in [0.717, 1.165) is 11.1 Å². The average Bonchev–Trinajstić information content (AvgIpc) is 2.73. The van der Waals surface area contributed by atoms with Crippen LogP contribution in [0, 0.1) is 6.92 Å². The molecule has 0 bridgehead atoms. The van der Waals surface area contributed by atoms with Crippen molar-refractivity contribution < 1.29 is 9.53 Å². The fourth-order valence-electron chi connectivity index (χ4n) is 2.84. The van der Waals surface area contributed by atoms with Gasteiger partial charge in [-0.25, -0.2) is 9.97 Å². The largest absolute Gasteiger partial charge is 0.439 e. The van der Waals surface area contributed by atoms with Gasteiger partial charge in [0.1, 0.15) is 17.0 Å². The van der Waals surface area contributed by atoms with E-state index >= 15 is 0 Å². The molecule has 0 spiro atoms. The van der Waals surface area contributed by atoms with E-state index in [1.54, 1.807) is 36.7 Å². The molecule has 0 aliphatic rings. The van der Waals surface area contributed by atoms with E-state index in [9.17, 15) is 9.59 Å². The fraction of sp³-hybridized carbons (Fsp3) is 0.0909. The second-order valence-electron chi connectivity index (χ2n) is 6.51. The minimum atomic E-state index is -0.486. The first-order valence-electron chi connectivity index (χ1n) is 9.04. The van der Waals surface area contributed by atoms with Gasteiger partial charge in [0, 0.05) is 31.2 Å². The summed E-state index contributed by atoms with van der Waals surface area (Å²) in [7, 11) is 0. The van der Waals surface area contributed by atoms with Crippen molar-refractivity contribution in [2.45, 2.75) is 13.5 Å². The lowest BCUT2D eigenvalue weighted by atomic mass is 10.2. The van der Waals surface area contributed by atoms with Crippen LogP contribution >= 0.6 is 0 Å². The number of benzene rings is 1. The number of hydrogen-bond donors (Lipinski definition) is 1. The highest BCUT2D eigenvalue weighted by Crippen LogP contribution is 2.19. The van der Waals surface area contributed by atoms with Gasteiger partial charge in [-0.15, -0.1) is 0 Å². The predicted octanol–water partition coefficient (Wildman–Crippen LogP) is 3.12. The third-order valence-corrected chi connectivity index (χ3v) is 4.33. The first kappa shape index (κ1) is 18.4. The number of nitrogens with zero attached hydrogens (tertiary/aromatic N) is 3. The summed E-state index contributed by atoms with van der Waals surface area (Å²) in [5.41, 5.74) is 1.86. The number of carbonyl (C=O) groups excluding carboxylic acids is 1. The molecule has 7 heteroatoms. The maximum Gasteiger partial charge on any atom is 0.270 e. The Balaban J connectivity index is 1.48. The number of rotatable bonds is 5. The van der Waals surface area contributed by atoms with E-state index in [4.69, 9.17) is 4.74 Å². The van der Waals surface area contributed by atoms with Crippen molar-refractivity contribution in [2.75, 3.05) is 0 Å². The highest BCUT2D eigenvalue weighted by molar-refractivity contribution is 5.93. The molecule has 1 N–H and O–H groups in total. The standard InChI is InChI=1S/C22H18N4O3/c1-15-8-10-26-19(11-15)24-14-18(22(26)28)21(27)25-13-16-7-9-23-20(12-16)29-17-5-3-2-4-6-17/h2-12,14H,13H2,1H3,(H,25,27). The van der Waals surface area contributed by atoms with Crippen LogP contribution in [0.4, 0.5) is 0 Å². The Bertz CT molecular complexity index is 1240. The zero-order chi connectivity index (χ0) is 20.2. The molecule has 0 aliphatic carbocycles. The van der Waals surface area contributed by atoms with Gasteiger partial charge in [0.15, 0.2) is 0 Å². The Kier molecular flexibility index (Phi) is 5.03. The van der Waals surface area contributed by atoms with E-state index in [1.165, 1.54) is 10.6 Å². The van der Waals surface area contributed by atoms with Crippen LogP contribution in [0.3, 0.4) is 0 Å². The zero-order valence-corrected chi connectivity index (χ0v) is 15.7.